The first-order valence-corrected chi connectivity index (χ1v) is 15.5. The van der Waals surface area contributed by atoms with Gasteiger partial charge in [-0.25, -0.2) is 22.8 Å². The lowest BCUT2D eigenvalue weighted by molar-refractivity contribution is 0.0194. The largest absolute Gasteiger partial charge is 0.378 e. The highest BCUT2D eigenvalue weighted by molar-refractivity contribution is 7.90. The maximum absolute atomic E-state index is 14.4. The highest BCUT2D eigenvalue weighted by Crippen LogP contribution is 2.39. The number of alkyl halides is 1. The van der Waals surface area contributed by atoms with E-state index in [4.69, 9.17) is 9.72 Å². The molecule has 0 radical (unpaired) electrons. The summed E-state index contributed by atoms with van der Waals surface area (Å²) in [5, 5.41) is 5.43. The maximum Gasteiger partial charge on any atom is 0.227 e. The quantitative estimate of drug-likeness (QED) is 0.435. The highest BCUT2D eigenvalue weighted by Gasteiger charge is 2.38. The Morgan fingerprint density at radius 1 is 1.15 bits per heavy atom. The van der Waals surface area contributed by atoms with Crippen LogP contribution in [0.5, 0.6) is 0 Å². The molecule has 2 fully saturated rings. The molecule has 2 aliphatic rings. The van der Waals surface area contributed by atoms with E-state index in [-0.39, 0.29) is 24.3 Å². The Bertz CT molecular complexity index is 1450. The minimum Gasteiger partial charge on any atom is -0.378 e. The first-order valence-electron chi connectivity index (χ1n) is 13.4. The van der Waals surface area contributed by atoms with Gasteiger partial charge in [-0.1, -0.05) is 19.9 Å². The summed E-state index contributed by atoms with van der Waals surface area (Å²) in [6, 6.07) is 8.22. The zero-order chi connectivity index (χ0) is 27.9. The van der Waals surface area contributed by atoms with Gasteiger partial charge in [-0.3, -0.25) is 0 Å². The van der Waals surface area contributed by atoms with Gasteiger partial charge >= 0.3 is 0 Å². The minimum absolute atomic E-state index is 0.119. The molecule has 0 aliphatic carbocycles. The second kappa shape index (κ2) is 10.8. The average Bonchev–Trinajstić information content (AvgIpc) is 2.89. The van der Waals surface area contributed by atoms with E-state index in [1.165, 1.54) is 18.9 Å². The molecule has 0 saturated carbocycles. The first kappa shape index (κ1) is 27.5. The fourth-order valence-electron chi connectivity index (χ4n) is 5.69. The number of piperidine rings is 1. The van der Waals surface area contributed by atoms with Gasteiger partial charge in [0.05, 0.1) is 18.4 Å². The number of hydrogen-bond donors (Lipinski definition) is 1. The van der Waals surface area contributed by atoms with Crippen molar-refractivity contribution in [3.63, 3.8) is 0 Å². The normalized spacial score (nSPS) is 23.8. The lowest BCUT2D eigenvalue weighted by Gasteiger charge is -2.48. The van der Waals surface area contributed by atoms with Gasteiger partial charge in [-0.2, -0.15) is 4.98 Å². The zero-order valence-corrected chi connectivity index (χ0v) is 23.9. The van der Waals surface area contributed by atoms with Crippen LogP contribution < -0.4 is 15.1 Å². The zero-order valence-electron chi connectivity index (χ0n) is 23.1. The number of sulfone groups is 1. The SMILES string of the molecule is CO[C@H]1CCN(c2nccc(Nc3cc4c(C(C)C)ccc(N5C[C@H](CS(C)(=O)=O)[C@H]5C)c4cn3)n2)C[C@H]1F. The number of nitrogens with one attached hydrogen (secondary N) is 1. The van der Waals surface area contributed by atoms with E-state index in [1.54, 1.807) is 12.3 Å². The van der Waals surface area contributed by atoms with E-state index >= 15 is 0 Å². The predicted molar refractivity (Wildman–Crippen MR) is 154 cm³/mol. The van der Waals surface area contributed by atoms with Crippen LogP contribution in [-0.2, 0) is 14.6 Å². The van der Waals surface area contributed by atoms with Crippen molar-refractivity contribution < 1.29 is 17.5 Å². The molecule has 0 spiro atoms. The van der Waals surface area contributed by atoms with Crippen LogP contribution in [0.2, 0.25) is 0 Å². The van der Waals surface area contributed by atoms with Crippen LogP contribution in [0.3, 0.4) is 0 Å². The number of rotatable bonds is 8. The standard InChI is InChI=1S/C28H37FN6O3S/c1-17(2)20-6-7-24(35-14-19(18(35)3)16-39(5,36)37)22-13-31-27(12-21(20)22)32-26-8-10-30-28(33-26)34-11-9-25(38-4)23(29)15-34/h6-8,10,12-13,17-19,23,25H,9,11,14-16H2,1-5H3,(H,30,31,32,33)/t18-,19-,23-,25+/m1/s1. The van der Waals surface area contributed by atoms with Gasteiger partial charge in [0.1, 0.15) is 27.6 Å². The fraction of sp³-hybridized carbons (Fsp3) is 0.536. The third kappa shape index (κ3) is 5.79. The molecule has 0 amide bonds. The molecule has 0 unspecified atom stereocenters. The number of aromatic nitrogens is 3. The van der Waals surface area contributed by atoms with Crippen molar-refractivity contribution in [3.05, 3.63) is 42.2 Å². The molecule has 3 aromatic rings. The Labute approximate surface area is 229 Å². The van der Waals surface area contributed by atoms with Crippen molar-refractivity contribution in [2.24, 2.45) is 5.92 Å². The minimum atomic E-state index is -3.02. The molecule has 4 atom stereocenters. The van der Waals surface area contributed by atoms with Gasteiger partial charge in [0.2, 0.25) is 5.95 Å². The van der Waals surface area contributed by atoms with Crippen LogP contribution in [0.4, 0.5) is 27.7 Å². The van der Waals surface area contributed by atoms with Crippen molar-refractivity contribution in [1.29, 1.82) is 0 Å². The summed E-state index contributed by atoms with van der Waals surface area (Å²) in [4.78, 5) is 17.8. The number of methoxy groups -OCH3 is 1. The Morgan fingerprint density at radius 3 is 2.62 bits per heavy atom. The average molecular weight is 557 g/mol. The molecule has 210 valence electrons. The second-order valence-electron chi connectivity index (χ2n) is 11.1. The molecule has 9 nitrogen and oxygen atoms in total. The summed E-state index contributed by atoms with van der Waals surface area (Å²) < 4.78 is 43.3. The van der Waals surface area contributed by atoms with E-state index in [0.29, 0.717) is 43.0 Å². The van der Waals surface area contributed by atoms with Crippen LogP contribution >= 0.6 is 0 Å². The van der Waals surface area contributed by atoms with Gasteiger partial charge in [-0.15, -0.1) is 0 Å². The van der Waals surface area contributed by atoms with Crippen molar-refractivity contribution in [1.82, 2.24) is 15.0 Å². The number of pyridine rings is 1. The smallest absolute Gasteiger partial charge is 0.227 e. The second-order valence-corrected chi connectivity index (χ2v) is 13.3. The van der Waals surface area contributed by atoms with Gasteiger partial charge < -0.3 is 19.9 Å². The van der Waals surface area contributed by atoms with Gasteiger partial charge in [0, 0.05) is 61.9 Å². The Hall–Kier alpha value is -3.05. The molecule has 2 aromatic heterocycles. The van der Waals surface area contributed by atoms with E-state index in [0.717, 1.165) is 16.5 Å². The van der Waals surface area contributed by atoms with E-state index in [1.807, 2.05) is 17.2 Å². The molecule has 11 heteroatoms. The third-order valence-electron chi connectivity index (χ3n) is 7.93. The summed E-state index contributed by atoms with van der Waals surface area (Å²) in [7, 11) is -1.48. The number of hydrogen-bond acceptors (Lipinski definition) is 9. The Morgan fingerprint density at radius 2 is 1.95 bits per heavy atom. The molecule has 2 saturated heterocycles. The summed E-state index contributed by atoms with van der Waals surface area (Å²) in [6.07, 6.45) is 3.93. The first-order chi connectivity index (χ1) is 18.5. The van der Waals surface area contributed by atoms with Gasteiger partial charge in [-0.05, 0) is 48.4 Å². The van der Waals surface area contributed by atoms with Crippen molar-refractivity contribution in [2.45, 2.75) is 51.4 Å². The van der Waals surface area contributed by atoms with E-state index in [9.17, 15) is 12.8 Å². The van der Waals surface area contributed by atoms with E-state index < -0.39 is 22.1 Å². The highest BCUT2D eigenvalue weighted by atomic mass is 32.2. The Balaban J connectivity index is 1.40. The van der Waals surface area contributed by atoms with Crippen molar-refractivity contribution >= 4 is 43.9 Å². The number of fused-ring (bicyclic) bond motifs is 1. The summed E-state index contributed by atoms with van der Waals surface area (Å²) in [6.45, 7) is 7.93. The molecule has 1 N–H and O–H groups in total. The van der Waals surface area contributed by atoms with E-state index in [2.05, 4.69) is 53.1 Å². The number of benzene rings is 1. The summed E-state index contributed by atoms with van der Waals surface area (Å²) >= 11 is 0. The van der Waals surface area contributed by atoms with Crippen LogP contribution in [0.1, 0.15) is 38.7 Å². The van der Waals surface area contributed by atoms with Crippen LogP contribution in [0, 0.1) is 5.92 Å². The topological polar surface area (TPSA) is 101 Å². The summed E-state index contributed by atoms with van der Waals surface area (Å²) in [5.74, 6) is 2.33. The van der Waals surface area contributed by atoms with Gasteiger partial charge in [0.25, 0.3) is 0 Å². The molecular formula is C28H37FN6O3S. The number of anilines is 4. The van der Waals surface area contributed by atoms with Crippen LogP contribution in [0.15, 0.2) is 36.7 Å². The summed E-state index contributed by atoms with van der Waals surface area (Å²) in [5.41, 5.74) is 2.27. The van der Waals surface area contributed by atoms with Crippen molar-refractivity contribution in [2.75, 3.05) is 53.9 Å². The number of halogens is 1. The predicted octanol–water partition coefficient (Wildman–Crippen LogP) is 4.32. The van der Waals surface area contributed by atoms with Gasteiger partial charge in [0.15, 0.2) is 0 Å². The number of nitrogens with zero attached hydrogens (tertiary/aromatic N) is 5. The molecule has 2 aliphatic heterocycles. The third-order valence-corrected chi connectivity index (χ3v) is 8.96. The molecule has 4 heterocycles. The molecule has 1 aromatic carbocycles. The molecular weight excluding hydrogens is 519 g/mol. The lowest BCUT2D eigenvalue weighted by Crippen LogP contribution is -2.57. The maximum atomic E-state index is 14.4. The molecule has 5 rings (SSSR count). The Kier molecular flexibility index (Phi) is 7.65. The van der Waals surface area contributed by atoms with Crippen molar-refractivity contribution in [3.8, 4) is 0 Å². The molecule has 39 heavy (non-hydrogen) atoms. The van der Waals surface area contributed by atoms with Crippen LogP contribution in [-0.4, -0.2) is 80.4 Å². The lowest BCUT2D eigenvalue weighted by atomic mass is 9.88. The number of ether oxygens (including phenoxy) is 1. The fourth-order valence-corrected chi connectivity index (χ4v) is 6.85. The monoisotopic (exact) mass is 556 g/mol. The molecule has 0 bridgehead atoms. The van der Waals surface area contributed by atoms with Crippen LogP contribution in [0.25, 0.3) is 10.8 Å².